The molecule has 0 bridgehead atoms. The van der Waals surface area contributed by atoms with Gasteiger partial charge in [-0.2, -0.15) is 10.2 Å². The van der Waals surface area contributed by atoms with Crippen LogP contribution >= 0.6 is 23.2 Å². The summed E-state index contributed by atoms with van der Waals surface area (Å²) in [6.45, 7) is 8.67. The number of amides is 2. The number of carbonyl (C=O) groups is 3. The summed E-state index contributed by atoms with van der Waals surface area (Å²) >= 11 is 12.7. The van der Waals surface area contributed by atoms with Crippen molar-refractivity contribution in [1.29, 1.82) is 0 Å². The molecule has 3 fully saturated rings. The molecule has 0 saturated carbocycles. The summed E-state index contributed by atoms with van der Waals surface area (Å²) in [6, 6.07) is 33.0. The molecule has 0 radical (unpaired) electrons. The largest absolute Gasteiger partial charge is 2.00 e. The molecule has 1 N–H and O–H groups in total. The van der Waals surface area contributed by atoms with Gasteiger partial charge in [-0.15, -0.1) is 0 Å². The van der Waals surface area contributed by atoms with Crippen molar-refractivity contribution in [3.05, 3.63) is 149 Å². The molecule has 2 amide bonds. The van der Waals surface area contributed by atoms with Gasteiger partial charge >= 0.3 is 29.0 Å². The summed E-state index contributed by atoms with van der Waals surface area (Å²) < 4.78 is 13.1. The summed E-state index contributed by atoms with van der Waals surface area (Å²) in [5.74, 6) is -0.432. The Hall–Kier alpha value is -4.54. The second-order valence-electron chi connectivity index (χ2n) is 15.4. The summed E-state index contributed by atoms with van der Waals surface area (Å²) in [6.07, 6.45) is 4.68. The zero-order chi connectivity index (χ0) is 43.1. The van der Waals surface area contributed by atoms with E-state index in [0.29, 0.717) is 38.2 Å². The Bertz CT molecular complexity index is 2490. The van der Waals surface area contributed by atoms with Gasteiger partial charge in [-0.1, -0.05) is 71.7 Å². The Morgan fingerprint density at radius 1 is 0.656 bits per heavy atom. The molecule has 3 aliphatic heterocycles. The Morgan fingerprint density at radius 2 is 1.08 bits per heavy atom. The van der Waals surface area contributed by atoms with Crippen molar-refractivity contribution < 1.29 is 45.9 Å². The Labute approximate surface area is 411 Å². The van der Waals surface area contributed by atoms with Crippen LogP contribution in [0.4, 0.5) is 0 Å². The molecular weight excluding hydrogens is 932 g/mol. The van der Waals surface area contributed by atoms with Crippen molar-refractivity contribution in [2.24, 2.45) is 0 Å². The van der Waals surface area contributed by atoms with Crippen LogP contribution in [0.1, 0.15) is 76.4 Å². The molecule has 0 aliphatic carbocycles. The number of hydrogen-bond acceptors (Lipinski definition) is 8. The van der Waals surface area contributed by atoms with Gasteiger partial charge < -0.3 is 48.8 Å². The van der Waals surface area contributed by atoms with E-state index in [1.54, 1.807) is 53.5 Å². The van der Waals surface area contributed by atoms with Crippen LogP contribution in [-0.4, -0.2) is 122 Å². The van der Waals surface area contributed by atoms with Crippen molar-refractivity contribution in [2.45, 2.75) is 45.1 Å². The van der Waals surface area contributed by atoms with Gasteiger partial charge in [-0.05, 0) is 100 Å². The van der Waals surface area contributed by atoms with E-state index in [2.05, 4.69) is 10.2 Å². The monoisotopic (exact) mass is 980 g/mol. The molecule has 6 aromatic rings. The number of aromatic nitrogens is 4. The minimum atomic E-state index is -1.09. The van der Waals surface area contributed by atoms with Crippen LogP contribution in [0.3, 0.4) is 0 Å². The molecular formula is C48H51BrCl2MgN6O6. The second-order valence-corrected chi connectivity index (χ2v) is 16.2. The van der Waals surface area contributed by atoms with Gasteiger partial charge in [0.25, 0.3) is 11.8 Å². The number of likely N-dealkylation sites (tertiary alicyclic amines) is 2. The van der Waals surface area contributed by atoms with E-state index in [0.717, 1.165) is 74.7 Å². The molecule has 5 heterocycles. The van der Waals surface area contributed by atoms with Crippen molar-refractivity contribution in [2.75, 3.05) is 46.5 Å². The van der Waals surface area contributed by atoms with Crippen LogP contribution in [0.2, 0.25) is 10.0 Å². The van der Waals surface area contributed by atoms with Crippen molar-refractivity contribution in [3.8, 4) is 33.9 Å². The maximum absolute atomic E-state index is 12.4. The molecule has 64 heavy (non-hydrogen) atoms. The fourth-order valence-electron chi connectivity index (χ4n) is 6.77. The second kappa shape index (κ2) is 23.6. The molecule has 0 unspecified atom stereocenters. The van der Waals surface area contributed by atoms with Crippen LogP contribution in [-0.2, 0) is 15.1 Å². The number of halogens is 3. The van der Waals surface area contributed by atoms with Gasteiger partial charge in [0.1, 0.15) is 5.60 Å². The number of carbonyl (C=O) groups excluding carboxylic acids is 3. The SMILES string of the molecule is C1CCOC1.CC(C)(O)c1cc(-c2ccc(C(=O)N3CCC3)cc2)n(-c2ccccc2Cl)n1.COC(=O)c1cc(-c2ccc(C(=O)N3CCC3)cc2)n(-c2ccccc2Cl)n1.[Br-].[CH3-].[Mg+2]. The first-order valence-electron chi connectivity index (χ1n) is 20.3. The van der Waals surface area contributed by atoms with Gasteiger partial charge in [-0.25, -0.2) is 14.2 Å². The van der Waals surface area contributed by atoms with Crippen LogP contribution in [0, 0.1) is 7.43 Å². The predicted octanol–water partition coefficient (Wildman–Crippen LogP) is 5.96. The molecule has 4 aromatic carbocycles. The van der Waals surface area contributed by atoms with Crippen LogP contribution in [0.25, 0.3) is 33.9 Å². The molecule has 9 rings (SSSR count). The number of nitrogens with zero attached hydrogens (tertiary/aromatic N) is 6. The molecule has 3 aliphatic rings. The number of hydrogen-bond donors (Lipinski definition) is 1. The van der Waals surface area contributed by atoms with Gasteiger partial charge in [0, 0.05) is 61.6 Å². The van der Waals surface area contributed by atoms with Gasteiger partial charge in [0.2, 0.25) is 0 Å². The van der Waals surface area contributed by atoms with E-state index in [1.807, 2.05) is 88.7 Å². The topological polar surface area (TPSA) is 132 Å². The zero-order valence-electron chi connectivity index (χ0n) is 36.5. The van der Waals surface area contributed by atoms with Crippen molar-refractivity contribution in [1.82, 2.24) is 29.4 Å². The van der Waals surface area contributed by atoms with Crippen LogP contribution < -0.4 is 17.0 Å². The van der Waals surface area contributed by atoms with E-state index in [9.17, 15) is 19.5 Å². The quantitative estimate of drug-likeness (QED) is 0.112. The molecule has 2 aromatic heterocycles. The van der Waals surface area contributed by atoms with Crippen molar-refractivity contribution in [3.63, 3.8) is 0 Å². The first kappa shape index (κ1) is 52.1. The molecule has 0 atom stereocenters. The maximum Gasteiger partial charge on any atom is 2.00 e. The summed E-state index contributed by atoms with van der Waals surface area (Å²) in [4.78, 5) is 40.4. The molecule has 332 valence electrons. The fraction of sp³-hybridized carbons (Fsp3) is 0.292. The molecule has 3 saturated heterocycles. The minimum Gasteiger partial charge on any atom is -1.00 e. The first-order valence-corrected chi connectivity index (χ1v) is 21.1. The van der Waals surface area contributed by atoms with Gasteiger partial charge in [-0.3, -0.25) is 9.59 Å². The van der Waals surface area contributed by atoms with Crippen LogP contribution in [0.15, 0.2) is 109 Å². The number of para-hydroxylation sites is 2. The third kappa shape index (κ3) is 12.2. The number of methoxy groups -OCH3 is 1. The average molecular weight is 983 g/mol. The van der Waals surface area contributed by atoms with Crippen LogP contribution in [0.5, 0.6) is 0 Å². The maximum atomic E-state index is 12.4. The fourth-order valence-corrected chi connectivity index (χ4v) is 7.20. The molecule has 16 heteroatoms. The van der Waals surface area contributed by atoms with E-state index in [-0.39, 0.29) is 65.0 Å². The molecule has 12 nitrogen and oxygen atoms in total. The first-order chi connectivity index (χ1) is 29.4. The third-order valence-electron chi connectivity index (χ3n) is 10.6. The zero-order valence-corrected chi connectivity index (χ0v) is 41.0. The Balaban J connectivity index is 0.000000242. The van der Waals surface area contributed by atoms with E-state index in [4.69, 9.17) is 32.7 Å². The summed E-state index contributed by atoms with van der Waals surface area (Å²) in [5.41, 5.74) is 5.51. The van der Waals surface area contributed by atoms with E-state index < -0.39 is 11.6 Å². The standard InChI is InChI=1S/C22H22ClN3O2.C21H18ClN3O3.C4H8O.CH3.BrH.Mg/c1-22(2,28)20-14-19(26(24-20)18-7-4-3-6-17(18)23)15-8-10-16(11-9-15)21(27)25-12-5-13-25;1-28-21(27)17-13-19(25(23-17)18-6-3-2-5-16(18)22)14-7-9-15(10-8-14)20(26)24-11-4-12-24;1-2-4-5-3-1;;;/h3-4,6-11,14,28H,5,12-13H2,1-2H3;2-3,5-10,13H,4,11-12H2,1H3;1-4H2;1H3;1H;/q;;;-1;;+2/p-1. The minimum absolute atomic E-state index is 0. The Morgan fingerprint density at radius 3 is 1.44 bits per heavy atom. The smallest absolute Gasteiger partial charge is 1.00 e. The summed E-state index contributed by atoms with van der Waals surface area (Å²) in [7, 11) is 1.31. The third-order valence-corrected chi connectivity index (χ3v) is 11.2. The Kier molecular flexibility index (Phi) is 19.2. The normalized spacial score (nSPS) is 13.8. The number of esters is 1. The van der Waals surface area contributed by atoms with E-state index in [1.165, 1.54) is 20.0 Å². The number of ether oxygens (including phenoxy) is 2. The number of aliphatic hydroxyl groups is 1. The van der Waals surface area contributed by atoms with Crippen molar-refractivity contribution >= 4 is 64.0 Å². The van der Waals surface area contributed by atoms with Gasteiger partial charge in [0.05, 0.1) is 45.6 Å². The average Bonchev–Trinajstić information content (AvgIpc) is 4.03. The number of benzene rings is 4. The molecule has 0 spiro atoms. The summed E-state index contributed by atoms with van der Waals surface area (Å²) in [5, 5.41) is 20.5. The number of rotatable bonds is 8. The van der Waals surface area contributed by atoms with E-state index >= 15 is 0 Å². The van der Waals surface area contributed by atoms with Gasteiger partial charge in [0.15, 0.2) is 5.69 Å². The predicted molar refractivity (Wildman–Crippen MR) is 248 cm³/mol.